The fraction of sp³-hybridized carbons (Fsp3) is 0.286. The molecule has 2 aromatic carbocycles. The molecule has 2 fully saturated rings. The van der Waals surface area contributed by atoms with Crippen LogP contribution >= 0.6 is 11.6 Å². The number of hydrogen-bond donors (Lipinski definition) is 1. The number of nitrogens with one attached hydrogen (secondary N) is 1. The first-order valence-electron chi connectivity index (χ1n) is 12.7. The fourth-order valence-corrected chi connectivity index (χ4v) is 5.31. The van der Waals surface area contributed by atoms with Gasteiger partial charge in [0.1, 0.15) is 35.5 Å². The Morgan fingerprint density at radius 2 is 1.83 bits per heavy atom. The summed E-state index contributed by atoms with van der Waals surface area (Å²) in [5.41, 5.74) is -0.428. The fourth-order valence-electron chi connectivity index (χ4n) is 5.08. The average molecular weight is 601 g/mol. The number of amides is 3. The van der Waals surface area contributed by atoms with Crippen molar-refractivity contribution in [1.82, 2.24) is 15.3 Å². The van der Waals surface area contributed by atoms with Crippen LogP contribution < -0.4 is 15.1 Å². The van der Waals surface area contributed by atoms with Gasteiger partial charge in [0.05, 0.1) is 5.69 Å². The molecule has 1 N–H and O–H groups in total. The number of rotatable bonds is 7. The minimum absolute atomic E-state index is 0.00988. The van der Waals surface area contributed by atoms with Gasteiger partial charge in [-0.2, -0.15) is 5.26 Å². The lowest BCUT2D eigenvalue weighted by molar-refractivity contribution is -0.133. The van der Waals surface area contributed by atoms with E-state index in [9.17, 15) is 37.2 Å². The first kappa shape index (κ1) is 28.9. The molecule has 0 bridgehead atoms. The predicted molar refractivity (Wildman–Crippen MR) is 141 cm³/mol. The highest BCUT2D eigenvalue weighted by atomic mass is 35.5. The van der Waals surface area contributed by atoms with Crippen molar-refractivity contribution in [2.24, 2.45) is 0 Å². The maximum atomic E-state index is 14.5. The molecular formula is C28H21ClF4N6O3. The third-order valence-electron chi connectivity index (χ3n) is 6.98. The van der Waals surface area contributed by atoms with Gasteiger partial charge >= 0.3 is 0 Å². The second-order valence-electron chi connectivity index (χ2n) is 9.90. The third-order valence-corrected chi connectivity index (χ3v) is 7.32. The van der Waals surface area contributed by atoms with Crippen molar-refractivity contribution in [3.8, 4) is 6.07 Å². The third kappa shape index (κ3) is 5.75. The van der Waals surface area contributed by atoms with Crippen LogP contribution in [0.15, 0.2) is 54.7 Å². The van der Waals surface area contributed by atoms with E-state index in [1.54, 1.807) is 6.07 Å². The Labute approximate surface area is 241 Å². The van der Waals surface area contributed by atoms with Gasteiger partial charge in [0.2, 0.25) is 17.8 Å². The number of nitrogens with zero attached hydrogens (tertiary/aromatic N) is 5. The summed E-state index contributed by atoms with van der Waals surface area (Å²) in [5, 5.41) is 11.8. The quantitative estimate of drug-likeness (QED) is 0.400. The van der Waals surface area contributed by atoms with E-state index in [4.69, 9.17) is 11.6 Å². The normalized spacial score (nSPS) is 18.6. The Bertz CT molecular complexity index is 1590. The highest BCUT2D eigenvalue weighted by Crippen LogP contribution is 2.40. The second kappa shape index (κ2) is 11.4. The van der Waals surface area contributed by atoms with E-state index < -0.39 is 66.2 Å². The molecule has 1 aliphatic carbocycles. The van der Waals surface area contributed by atoms with Gasteiger partial charge in [-0.1, -0.05) is 29.8 Å². The summed E-state index contributed by atoms with van der Waals surface area (Å²) in [5.74, 6) is -7.80. The number of benzene rings is 2. The molecule has 9 nitrogen and oxygen atoms in total. The van der Waals surface area contributed by atoms with Crippen LogP contribution in [0.5, 0.6) is 0 Å². The van der Waals surface area contributed by atoms with Crippen molar-refractivity contribution in [1.29, 1.82) is 5.26 Å². The molecule has 2 aliphatic rings. The van der Waals surface area contributed by atoms with Crippen molar-refractivity contribution in [2.75, 3.05) is 9.80 Å². The Morgan fingerprint density at radius 1 is 1.14 bits per heavy atom. The Kier molecular flexibility index (Phi) is 7.83. The van der Waals surface area contributed by atoms with Crippen LogP contribution in [0.25, 0.3) is 0 Å². The molecule has 1 aromatic heterocycles. The number of alkyl halides is 2. The smallest absolute Gasteiger partial charge is 0.252 e. The number of carbonyl (C=O) groups excluding carboxylic acids is 3. The molecule has 1 saturated carbocycles. The number of nitriles is 1. The number of anilines is 2. The van der Waals surface area contributed by atoms with Gasteiger partial charge in [-0.05, 0) is 30.7 Å². The van der Waals surface area contributed by atoms with Crippen molar-refractivity contribution >= 4 is 41.0 Å². The van der Waals surface area contributed by atoms with Gasteiger partial charge in [-0.15, -0.1) is 0 Å². The Morgan fingerprint density at radius 3 is 2.48 bits per heavy atom. The van der Waals surface area contributed by atoms with Crippen molar-refractivity contribution in [3.63, 3.8) is 0 Å². The Hall–Kier alpha value is -4.57. The van der Waals surface area contributed by atoms with Gasteiger partial charge in [0, 0.05) is 48.2 Å². The largest absolute Gasteiger partial charge is 0.351 e. The zero-order valence-corrected chi connectivity index (χ0v) is 22.4. The van der Waals surface area contributed by atoms with Crippen LogP contribution in [0.1, 0.15) is 43.0 Å². The summed E-state index contributed by atoms with van der Waals surface area (Å²) in [6.45, 7) is 0. The van der Waals surface area contributed by atoms with E-state index in [1.165, 1.54) is 30.5 Å². The van der Waals surface area contributed by atoms with E-state index in [2.05, 4.69) is 15.3 Å². The molecule has 3 amide bonds. The highest BCUT2D eigenvalue weighted by molar-refractivity contribution is 6.31. The molecule has 14 heteroatoms. The first-order chi connectivity index (χ1) is 20.0. The minimum Gasteiger partial charge on any atom is -0.351 e. The van der Waals surface area contributed by atoms with Gasteiger partial charge in [-0.25, -0.2) is 27.5 Å². The molecule has 1 saturated heterocycles. The molecule has 216 valence electrons. The summed E-state index contributed by atoms with van der Waals surface area (Å²) in [6.07, 6.45) is -0.260. The topological polar surface area (TPSA) is 119 Å². The van der Waals surface area contributed by atoms with E-state index >= 15 is 0 Å². The van der Waals surface area contributed by atoms with Gasteiger partial charge < -0.3 is 5.32 Å². The average Bonchev–Trinajstić information content (AvgIpc) is 3.31. The molecule has 0 radical (unpaired) electrons. The lowest BCUT2D eigenvalue weighted by atomic mass is 9.87. The van der Waals surface area contributed by atoms with Crippen molar-refractivity contribution in [2.45, 2.75) is 49.7 Å². The molecular weight excluding hydrogens is 580 g/mol. The molecule has 2 atom stereocenters. The predicted octanol–water partition coefficient (Wildman–Crippen LogP) is 4.46. The second-order valence-corrected chi connectivity index (χ2v) is 10.3. The highest BCUT2D eigenvalue weighted by Gasteiger charge is 2.49. The molecule has 2 heterocycles. The lowest BCUT2D eigenvalue weighted by Crippen LogP contribution is -2.56. The number of hydrogen-bond acceptors (Lipinski definition) is 6. The zero-order chi connectivity index (χ0) is 30.2. The Balaban J connectivity index is 1.63. The van der Waals surface area contributed by atoms with Crippen LogP contribution in [0.2, 0.25) is 5.02 Å². The standard InChI is InChI=1S/C28H21ClF4N6O3/c29-21-4-2-1-3-20(21)24(25(41)36-18-12-28(32,33)13-18)38(19-10-15(30)9-16(31)11-19)26(42)22-5-6-23(40)39(22)27-35-8-7-17(14-34)37-27/h1-4,7-11,18,22,24H,5-6,12-13H2,(H,36,41)/t22-,24-/m0/s1. The van der Waals surface area contributed by atoms with Crippen LogP contribution in [0.3, 0.4) is 0 Å². The van der Waals surface area contributed by atoms with Crippen LogP contribution in [-0.2, 0) is 14.4 Å². The van der Waals surface area contributed by atoms with Gasteiger partial charge in [-0.3, -0.25) is 24.2 Å². The summed E-state index contributed by atoms with van der Waals surface area (Å²) < 4.78 is 56.2. The first-order valence-corrected chi connectivity index (χ1v) is 13.1. The lowest BCUT2D eigenvalue weighted by Gasteiger charge is -2.39. The van der Waals surface area contributed by atoms with Gasteiger partial charge in [0.15, 0.2) is 0 Å². The summed E-state index contributed by atoms with van der Waals surface area (Å²) in [4.78, 5) is 50.9. The van der Waals surface area contributed by atoms with E-state index in [1.807, 2.05) is 6.07 Å². The van der Waals surface area contributed by atoms with Crippen LogP contribution in [0, 0.1) is 23.0 Å². The zero-order valence-electron chi connectivity index (χ0n) is 21.6. The summed E-state index contributed by atoms with van der Waals surface area (Å²) >= 11 is 6.43. The van der Waals surface area contributed by atoms with E-state index in [0.29, 0.717) is 6.07 Å². The summed E-state index contributed by atoms with van der Waals surface area (Å²) in [7, 11) is 0. The van der Waals surface area contributed by atoms with Crippen molar-refractivity contribution < 1.29 is 31.9 Å². The molecule has 0 spiro atoms. The molecule has 1 aliphatic heterocycles. The molecule has 0 unspecified atom stereocenters. The molecule has 5 rings (SSSR count). The number of carbonyl (C=O) groups is 3. The maximum absolute atomic E-state index is 14.5. The van der Waals surface area contributed by atoms with Crippen LogP contribution in [0.4, 0.5) is 29.2 Å². The van der Waals surface area contributed by atoms with Crippen LogP contribution in [-0.4, -0.2) is 45.7 Å². The monoisotopic (exact) mass is 600 g/mol. The van der Waals surface area contributed by atoms with E-state index in [0.717, 1.165) is 21.9 Å². The molecule has 3 aromatic rings. The minimum atomic E-state index is -2.97. The SMILES string of the molecule is N#Cc1ccnc(N2C(=O)CC[C@H]2C(=O)N(c2cc(F)cc(F)c2)[C@H](C(=O)NC2CC(F)(F)C2)c2ccccc2Cl)n1. The van der Waals surface area contributed by atoms with Gasteiger partial charge in [0.25, 0.3) is 11.8 Å². The number of halogens is 5. The summed E-state index contributed by atoms with van der Waals surface area (Å²) in [6, 6.07) is 7.26. The molecule has 42 heavy (non-hydrogen) atoms. The maximum Gasteiger partial charge on any atom is 0.252 e. The van der Waals surface area contributed by atoms with E-state index in [-0.39, 0.29) is 40.8 Å². The number of aromatic nitrogens is 2. The van der Waals surface area contributed by atoms with Crippen molar-refractivity contribution in [3.05, 3.63) is 82.6 Å².